The Bertz CT molecular complexity index is 441. The number of ketones is 1. The molecule has 0 atom stereocenters. The molecule has 0 amide bonds. The first kappa shape index (κ1) is 12.9. The van der Waals surface area contributed by atoms with E-state index in [1.165, 1.54) is 0 Å². The van der Waals surface area contributed by atoms with Crippen LogP contribution in [-0.4, -0.2) is 11.9 Å². The lowest BCUT2D eigenvalue weighted by atomic mass is 10.0. The fraction of sp³-hybridized carbons (Fsp3) is 0.438. The van der Waals surface area contributed by atoms with Crippen LogP contribution in [0.15, 0.2) is 30.3 Å². The maximum atomic E-state index is 11.6. The smallest absolute Gasteiger partial charge is 0.155 e. The molecule has 96 valence electrons. The van der Waals surface area contributed by atoms with Gasteiger partial charge in [-0.15, -0.1) is 0 Å². The second kappa shape index (κ2) is 5.85. The van der Waals surface area contributed by atoms with Crippen LogP contribution >= 0.6 is 0 Å². The summed E-state index contributed by atoms with van der Waals surface area (Å²) in [6.45, 7) is 4.03. The number of hydrogen-bond acceptors (Lipinski definition) is 2. The van der Waals surface area contributed by atoms with Gasteiger partial charge in [-0.2, -0.15) is 0 Å². The Morgan fingerprint density at radius 2 is 1.72 bits per heavy atom. The molecule has 0 saturated heterocycles. The predicted octanol–water partition coefficient (Wildman–Crippen LogP) is 4.00. The number of ether oxygens (including phenoxy) is 1. The predicted molar refractivity (Wildman–Crippen MR) is 73.7 cm³/mol. The van der Waals surface area contributed by atoms with Crippen LogP contribution in [0.1, 0.15) is 45.1 Å². The van der Waals surface area contributed by atoms with Crippen LogP contribution in [0.4, 0.5) is 0 Å². The van der Waals surface area contributed by atoms with Gasteiger partial charge in [0.2, 0.25) is 0 Å². The van der Waals surface area contributed by atoms with Crippen LogP contribution in [-0.2, 0) is 4.79 Å². The third-order valence-corrected chi connectivity index (χ3v) is 3.05. The zero-order chi connectivity index (χ0) is 13.0. The van der Waals surface area contributed by atoms with Crippen molar-refractivity contribution in [3.8, 4) is 5.75 Å². The number of rotatable bonds is 3. The maximum Gasteiger partial charge on any atom is 0.155 e. The third kappa shape index (κ3) is 3.46. The number of allylic oxidation sites excluding steroid dienone is 2. The van der Waals surface area contributed by atoms with Crippen molar-refractivity contribution in [2.45, 2.75) is 45.6 Å². The van der Waals surface area contributed by atoms with Gasteiger partial charge in [0.15, 0.2) is 5.78 Å². The minimum absolute atomic E-state index is 0.189. The summed E-state index contributed by atoms with van der Waals surface area (Å²) in [7, 11) is 0. The highest BCUT2D eigenvalue weighted by atomic mass is 16.5. The van der Waals surface area contributed by atoms with Gasteiger partial charge in [0.05, 0.1) is 6.10 Å². The van der Waals surface area contributed by atoms with E-state index in [1.54, 1.807) is 0 Å². The first-order chi connectivity index (χ1) is 8.65. The molecule has 0 N–H and O–H groups in total. The van der Waals surface area contributed by atoms with Crippen LogP contribution in [0.3, 0.4) is 0 Å². The van der Waals surface area contributed by atoms with Crippen molar-refractivity contribution in [2.24, 2.45) is 0 Å². The normalized spacial score (nSPS) is 16.4. The van der Waals surface area contributed by atoms with Gasteiger partial charge < -0.3 is 4.74 Å². The highest BCUT2D eigenvalue weighted by Gasteiger charge is 2.10. The van der Waals surface area contributed by atoms with Gasteiger partial charge in [-0.1, -0.05) is 12.1 Å². The Hall–Kier alpha value is -1.57. The summed E-state index contributed by atoms with van der Waals surface area (Å²) >= 11 is 0. The van der Waals surface area contributed by atoms with Crippen molar-refractivity contribution < 1.29 is 9.53 Å². The zero-order valence-electron chi connectivity index (χ0n) is 11.1. The molecule has 2 nitrogen and oxygen atoms in total. The van der Waals surface area contributed by atoms with Crippen molar-refractivity contribution in [1.29, 1.82) is 0 Å². The Morgan fingerprint density at radius 3 is 2.39 bits per heavy atom. The Labute approximate surface area is 109 Å². The molecule has 1 aromatic carbocycles. The second-order valence-corrected chi connectivity index (χ2v) is 5.03. The fourth-order valence-electron chi connectivity index (χ4n) is 2.20. The van der Waals surface area contributed by atoms with E-state index >= 15 is 0 Å². The van der Waals surface area contributed by atoms with Gasteiger partial charge >= 0.3 is 0 Å². The van der Waals surface area contributed by atoms with Gasteiger partial charge in [-0.05, 0) is 62.5 Å². The molecule has 0 aromatic heterocycles. The summed E-state index contributed by atoms with van der Waals surface area (Å²) in [6.07, 6.45) is 5.80. The van der Waals surface area contributed by atoms with E-state index in [4.69, 9.17) is 4.74 Å². The zero-order valence-corrected chi connectivity index (χ0v) is 11.1. The highest BCUT2D eigenvalue weighted by Crippen LogP contribution is 2.26. The lowest BCUT2D eigenvalue weighted by molar-refractivity contribution is -0.114. The van der Waals surface area contributed by atoms with E-state index in [0.717, 1.165) is 36.1 Å². The fourth-order valence-corrected chi connectivity index (χ4v) is 2.20. The first-order valence-electron chi connectivity index (χ1n) is 6.65. The largest absolute Gasteiger partial charge is 0.491 e. The van der Waals surface area contributed by atoms with Crippen LogP contribution in [0.5, 0.6) is 5.75 Å². The quantitative estimate of drug-likeness (QED) is 0.803. The van der Waals surface area contributed by atoms with Crippen LogP contribution in [0, 0.1) is 0 Å². The van der Waals surface area contributed by atoms with Crippen LogP contribution < -0.4 is 4.74 Å². The third-order valence-electron chi connectivity index (χ3n) is 3.05. The molecule has 1 aliphatic rings. The number of carbonyl (C=O) groups is 1. The van der Waals surface area contributed by atoms with Gasteiger partial charge in [0.25, 0.3) is 0 Å². The molecule has 2 rings (SSSR count). The van der Waals surface area contributed by atoms with Crippen molar-refractivity contribution in [2.75, 3.05) is 0 Å². The second-order valence-electron chi connectivity index (χ2n) is 5.03. The molecule has 1 aromatic rings. The van der Waals surface area contributed by atoms with E-state index in [9.17, 15) is 4.79 Å². The van der Waals surface area contributed by atoms with Gasteiger partial charge in [0.1, 0.15) is 5.75 Å². The van der Waals surface area contributed by atoms with E-state index in [2.05, 4.69) is 0 Å². The molecule has 0 bridgehead atoms. The summed E-state index contributed by atoms with van der Waals surface area (Å²) in [4.78, 5) is 11.6. The molecule has 0 fully saturated rings. The minimum atomic E-state index is 0.189. The Balaban J connectivity index is 2.15. The average Bonchev–Trinajstić information content (AvgIpc) is 2.54. The lowest BCUT2D eigenvalue weighted by Crippen LogP contribution is -2.05. The SMILES string of the molecule is CC(C)Oc1ccc(C2=CC(=O)CCCC2)cc1. The standard InChI is InChI=1S/C16H20O2/c1-12(2)18-16-9-7-13(8-10-16)14-5-3-4-6-15(17)11-14/h7-12H,3-6H2,1-2H3. The van der Waals surface area contributed by atoms with Crippen molar-refractivity contribution >= 4 is 11.4 Å². The van der Waals surface area contributed by atoms with Gasteiger partial charge in [0, 0.05) is 6.42 Å². The van der Waals surface area contributed by atoms with Crippen molar-refractivity contribution in [3.05, 3.63) is 35.9 Å². The molecule has 0 spiro atoms. The molecular formula is C16H20O2. The Morgan fingerprint density at radius 1 is 1.06 bits per heavy atom. The van der Waals surface area contributed by atoms with E-state index in [-0.39, 0.29) is 11.9 Å². The van der Waals surface area contributed by atoms with Crippen molar-refractivity contribution in [3.63, 3.8) is 0 Å². The maximum absolute atomic E-state index is 11.6. The number of benzene rings is 1. The Kier molecular flexibility index (Phi) is 4.19. The topological polar surface area (TPSA) is 26.3 Å². The monoisotopic (exact) mass is 244 g/mol. The van der Waals surface area contributed by atoms with Crippen LogP contribution in [0.25, 0.3) is 5.57 Å². The van der Waals surface area contributed by atoms with E-state index < -0.39 is 0 Å². The molecule has 0 radical (unpaired) electrons. The minimum Gasteiger partial charge on any atom is -0.491 e. The number of carbonyl (C=O) groups excluding carboxylic acids is 1. The average molecular weight is 244 g/mol. The number of hydrogen-bond donors (Lipinski definition) is 0. The molecule has 2 heteroatoms. The molecule has 0 aliphatic heterocycles. The summed E-state index contributed by atoms with van der Waals surface area (Å²) in [5.41, 5.74) is 2.30. The van der Waals surface area contributed by atoms with Crippen molar-refractivity contribution in [1.82, 2.24) is 0 Å². The summed E-state index contributed by atoms with van der Waals surface area (Å²) in [5.74, 6) is 1.14. The highest BCUT2D eigenvalue weighted by molar-refractivity contribution is 5.97. The van der Waals surface area contributed by atoms with Crippen LogP contribution in [0.2, 0.25) is 0 Å². The molecular weight excluding hydrogens is 224 g/mol. The molecule has 18 heavy (non-hydrogen) atoms. The first-order valence-corrected chi connectivity index (χ1v) is 6.65. The molecule has 0 heterocycles. The summed E-state index contributed by atoms with van der Waals surface area (Å²) in [5, 5.41) is 0. The van der Waals surface area contributed by atoms with E-state index in [0.29, 0.717) is 6.42 Å². The molecule has 1 aliphatic carbocycles. The van der Waals surface area contributed by atoms with E-state index in [1.807, 2.05) is 44.2 Å². The summed E-state index contributed by atoms with van der Waals surface area (Å²) < 4.78 is 5.62. The van der Waals surface area contributed by atoms with Gasteiger partial charge in [-0.25, -0.2) is 0 Å². The summed E-state index contributed by atoms with van der Waals surface area (Å²) in [6, 6.07) is 8.04. The van der Waals surface area contributed by atoms with Gasteiger partial charge in [-0.3, -0.25) is 4.79 Å². The molecule has 0 saturated carbocycles. The lowest BCUT2D eigenvalue weighted by Gasteiger charge is -2.11. The molecule has 0 unspecified atom stereocenters.